The third-order valence-electron chi connectivity index (χ3n) is 4.93. The fraction of sp³-hybridized carbons (Fsp3) is 0.217. The quantitative estimate of drug-likeness (QED) is 0.573. The van der Waals surface area contributed by atoms with E-state index in [2.05, 4.69) is 15.9 Å². The van der Waals surface area contributed by atoms with Crippen LogP contribution in [-0.2, 0) is 11.3 Å². The zero-order chi connectivity index (χ0) is 20.9. The molecule has 6 nitrogen and oxygen atoms in total. The Kier molecular flexibility index (Phi) is 6.30. The van der Waals surface area contributed by atoms with Crippen molar-refractivity contribution in [1.29, 1.82) is 0 Å². The van der Waals surface area contributed by atoms with E-state index in [4.69, 9.17) is 9.47 Å². The van der Waals surface area contributed by atoms with Gasteiger partial charge in [-0.15, -0.1) is 0 Å². The van der Waals surface area contributed by atoms with Crippen LogP contribution in [0, 0.1) is 0 Å². The van der Waals surface area contributed by atoms with Gasteiger partial charge in [-0.2, -0.15) is 0 Å². The highest BCUT2D eigenvalue weighted by Crippen LogP contribution is 2.23. The molecular formula is C23H21BrN2O4. The van der Waals surface area contributed by atoms with Crippen LogP contribution in [0.4, 0.5) is 0 Å². The van der Waals surface area contributed by atoms with Crippen LogP contribution in [0.3, 0.4) is 0 Å². The van der Waals surface area contributed by atoms with Crippen molar-refractivity contribution in [1.82, 2.24) is 9.47 Å². The Bertz CT molecular complexity index is 1070. The fourth-order valence-electron chi connectivity index (χ4n) is 3.26. The predicted molar refractivity (Wildman–Crippen MR) is 117 cm³/mol. The molecule has 0 spiro atoms. The molecule has 0 aliphatic carbocycles. The summed E-state index contributed by atoms with van der Waals surface area (Å²) in [6.45, 7) is 2.69. The topological polar surface area (TPSA) is 60.8 Å². The minimum absolute atomic E-state index is 0.0250. The first-order chi connectivity index (χ1) is 14.6. The Morgan fingerprint density at radius 2 is 1.70 bits per heavy atom. The molecule has 1 fully saturated rings. The van der Waals surface area contributed by atoms with Crippen LogP contribution in [0.15, 0.2) is 76.1 Å². The molecule has 1 saturated heterocycles. The number of halogens is 1. The van der Waals surface area contributed by atoms with Gasteiger partial charge in [0.15, 0.2) is 0 Å². The number of hydrogen-bond donors (Lipinski definition) is 0. The normalized spacial score (nSPS) is 13.8. The van der Waals surface area contributed by atoms with Crippen LogP contribution in [0.1, 0.15) is 15.9 Å². The highest BCUT2D eigenvalue weighted by molar-refractivity contribution is 9.10. The SMILES string of the molecule is O=C(c1ccc(-n2ccc(OCc3ccccc3)c(Br)c2=O)cc1)N1CCOCC1. The lowest BCUT2D eigenvalue weighted by Crippen LogP contribution is -2.40. The number of aromatic nitrogens is 1. The lowest BCUT2D eigenvalue weighted by Gasteiger charge is -2.26. The molecule has 0 unspecified atom stereocenters. The summed E-state index contributed by atoms with van der Waals surface area (Å²) >= 11 is 3.36. The first kappa shape index (κ1) is 20.4. The van der Waals surface area contributed by atoms with Crippen molar-refractivity contribution in [2.45, 2.75) is 6.61 Å². The van der Waals surface area contributed by atoms with Crippen molar-refractivity contribution >= 4 is 21.8 Å². The summed E-state index contributed by atoms with van der Waals surface area (Å²) in [6.07, 6.45) is 1.67. The minimum atomic E-state index is -0.229. The number of pyridine rings is 1. The van der Waals surface area contributed by atoms with Gasteiger partial charge in [0.25, 0.3) is 11.5 Å². The maximum absolute atomic E-state index is 12.8. The van der Waals surface area contributed by atoms with Crippen LogP contribution in [-0.4, -0.2) is 41.7 Å². The Hall–Kier alpha value is -2.90. The molecule has 0 bridgehead atoms. The molecule has 1 amide bonds. The molecule has 7 heteroatoms. The van der Waals surface area contributed by atoms with E-state index in [9.17, 15) is 9.59 Å². The Morgan fingerprint density at radius 3 is 2.40 bits per heavy atom. The average molecular weight is 469 g/mol. The van der Waals surface area contributed by atoms with Crippen LogP contribution in [0.2, 0.25) is 0 Å². The lowest BCUT2D eigenvalue weighted by atomic mass is 10.1. The zero-order valence-electron chi connectivity index (χ0n) is 16.3. The third kappa shape index (κ3) is 4.47. The van der Waals surface area contributed by atoms with E-state index in [1.54, 1.807) is 41.4 Å². The predicted octanol–water partition coefficient (Wildman–Crippen LogP) is 3.65. The molecule has 0 saturated carbocycles. The van der Waals surface area contributed by atoms with E-state index in [1.807, 2.05) is 30.3 Å². The standard InChI is InChI=1S/C23H21BrN2O4/c24-21-20(30-16-17-4-2-1-3-5-17)10-11-26(23(21)28)19-8-6-18(7-9-19)22(27)25-12-14-29-15-13-25/h1-11H,12-16H2. The second-order valence-electron chi connectivity index (χ2n) is 6.89. The van der Waals surface area contributed by atoms with E-state index >= 15 is 0 Å². The van der Waals surface area contributed by atoms with Crippen LogP contribution < -0.4 is 10.3 Å². The van der Waals surface area contributed by atoms with Crippen molar-refractivity contribution in [3.8, 4) is 11.4 Å². The highest BCUT2D eigenvalue weighted by atomic mass is 79.9. The number of rotatable bonds is 5. The van der Waals surface area contributed by atoms with Crippen molar-refractivity contribution < 1.29 is 14.3 Å². The van der Waals surface area contributed by atoms with Crippen LogP contribution in [0.5, 0.6) is 5.75 Å². The fourth-order valence-corrected chi connectivity index (χ4v) is 3.70. The second-order valence-corrected chi connectivity index (χ2v) is 7.69. The zero-order valence-corrected chi connectivity index (χ0v) is 17.9. The molecule has 1 aliphatic rings. The minimum Gasteiger partial charge on any atom is -0.487 e. The molecule has 0 atom stereocenters. The number of hydrogen-bond acceptors (Lipinski definition) is 4. The molecule has 4 rings (SSSR count). The van der Waals surface area contributed by atoms with Crippen molar-refractivity contribution in [3.05, 3.63) is 92.8 Å². The van der Waals surface area contributed by atoms with E-state index in [1.165, 1.54) is 4.57 Å². The molecule has 154 valence electrons. The second kappa shape index (κ2) is 9.28. The van der Waals surface area contributed by atoms with Gasteiger partial charge in [0, 0.05) is 30.5 Å². The summed E-state index contributed by atoms with van der Waals surface area (Å²) in [5.74, 6) is 0.460. The van der Waals surface area contributed by atoms with Gasteiger partial charge in [0.2, 0.25) is 0 Å². The molecular weight excluding hydrogens is 448 g/mol. The summed E-state index contributed by atoms with van der Waals surface area (Å²) < 4.78 is 13.0. The smallest absolute Gasteiger partial charge is 0.273 e. The number of carbonyl (C=O) groups is 1. The van der Waals surface area contributed by atoms with Crippen LogP contribution >= 0.6 is 15.9 Å². The Labute approximate surface area is 182 Å². The van der Waals surface area contributed by atoms with Gasteiger partial charge in [-0.3, -0.25) is 14.2 Å². The Balaban J connectivity index is 1.50. The van der Waals surface area contributed by atoms with Crippen LogP contribution in [0.25, 0.3) is 5.69 Å². The van der Waals surface area contributed by atoms with E-state index in [-0.39, 0.29) is 11.5 Å². The molecule has 2 aromatic carbocycles. The maximum atomic E-state index is 12.8. The summed E-state index contributed by atoms with van der Waals surface area (Å²) in [4.78, 5) is 27.2. The van der Waals surface area contributed by atoms with Gasteiger partial charge in [0.1, 0.15) is 16.8 Å². The largest absolute Gasteiger partial charge is 0.487 e. The third-order valence-corrected chi connectivity index (χ3v) is 5.66. The summed E-state index contributed by atoms with van der Waals surface area (Å²) in [6, 6.07) is 18.5. The first-order valence-corrected chi connectivity index (χ1v) is 10.5. The first-order valence-electron chi connectivity index (χ1n) is 9.69. The molecule has 1 aromatic heterocycles. The molecule has 0 radical (unpaired) electrons. The van der Waals surface area contributed by atoms with Gasteiger partial charge in [0.05, 0.1) is 13.2 Å². The number of amides is 1. The van der Waals surface area contributed by atoms with E-state index in [0.717, 1.165) is 5.56 Å². The van der Waals surface area contributed by atoms with E-state index < -0.39 is 0 Å². The van der Waals surface area contributed by atoms with Gasteiger partial charge in [-0.05, 0) is 51.8 Å². The van der Waals surface area contributed by atoms with Gasteiger partial charge < -0.3 is 14.4 Å². The van der Waals surface area contributed by atoms with Gasteiger partial charge in [-0.1, -0.05) is 30.3 Å². The lowest BCUT2D eigenvalue weighted by molar-refractivity contribution is 0.0303. The van der Waals surface area contributed by atoms with Crippen molar-refractivity contribution in [2.75, 3.05) is 26.3 Å². The van der Waals surface area contributed by atoms with E-state index in [0.29, 0.717) is 54.4 Å². The number of ether oxygens (including phenoxy) is 2. The van der Waals surface area contributed by atoms with Gasteiger partial charge >= 0.3 is 0 Å². The monoisotopic (exact) mass is 468 g/mol. The Morgan fingerprint density at radius 1 is 1.00 bits per heavy atom. The average Bonchev–Trinajstić information content (AvgIpc) is 2.81. The number of carbonyl (C=O) groups excluding carboxylic acids is 1. The van der Waals surface area contributed by atoms with Gasteiger partial charge in [-0.25, -0.2) is 0 Å². The molecule has 3 aromatic rings. The maximum Gasteiger partial charge on any atom is 0.273 e. The number of morpholine rings is 1. The molecule has 0 N–H and O–H groups in total. The number of benzene rings is 2. The highest BCUT2D eigenvalue weighted by Gasteiger charge is 2.18. The molecule has 1 aliphatic heterocycles. The summed E-state index contributed by atoms with van der Waals surface area (Å²) in [5, 5.41) is 0. The summed E-state index contributed by atoms with van der Waals surface area (Å²) in [5.41, 5.74) is 2.06. The van der Waals surface area contributed by atoms with Crippen molar-refractivity contribution in [2.24, 2.45) is 0 Å². The molecule has 30 heavy (non-hydrogen) atoms. The van der Waals surface area contributed by atoms with Crippen molar-refractivity contribution in [3.63, 3.8) is 0 Å². The molecule has 2 heterocycles. The summed E-state index contributed by atoms with van der Waals surface area (Å²) in [7, 11) is 0. The number of nitrogens with zero attached hydrogens (tertiary/aromatic N) is 2.